The summed E-state index contributed by atoms with van der Waals surface area (Å²) in [4.78, 5) is 0.778. The van der Waals surface area contributed by atoms with Crippen LogP contribution in [0, 0.1) is 0 Å². The van der Waals surface area contributed by atoms with E-state index in [9.17, 15) is 0 Å². The van der Waals surface area contributed by atoms with Gasteiger partial charge < -0.3 is 4.74 Å². The molecule has 1 saturated heterocycles. The quantitative estimate of drug-likeness (QED) is 0.508. The Morgan fingerprint density at radius 1 is 1.50 bits per heavy atom. The largest absolute Gasteiger partial charge is 0.497 e. The molecule has 0 spiro atoms. The van der Waals surface area contributed by atoms with Gasteiger partial charge in [-0.15, -0.1) is 11.7 Å². The van der Waals surface area contributed by atoms with Crippen LogP contribution >= 0.6 is 38.3 Å². The van der Waals surface area contributed by atoms with Gasteiger partial charge in [0.15, 0.2) is 0 Å². The van der Waals surface area contributed by atoms with Crippen molar-refractivity contribution in [3.05, 3.63) is 24.3 Å². The molecule has 3 unspecified atom stereocenters. The Morgan fingerprint density at radius 3 is 2.64 bits per heavy atom. The van der Waals surface area contributed by atoms with E-state index in [1.807, 2.05) is 0 Å². The van der Waals surface area contributed by atoms with Crippen molar-refractivity contribution in [3.8, 4) is 5.75 Å². The number of hydrogen-bond acceptors (Lipinski definition) is 3. The van der Waals surface area contributed by atoms with Crippen molar-refractivity contribution in [2.45, 2.75) is 4.99 Å². The molecule has 2 rings (SSSR count). The highest BCUT2D eigenvalue weighted by Gasteiger charge is 2.31. The topological polar surface area (TPSA) is 9.23 Å². The molecule has 3 atom stereocenters. The van der Waals surface area contributed by atoms with Crippen LogP contribution < -0.4 is 10.0 Å². The summed E-state index contributed by atoms with van der Waals surface area (Å²) in [6, 6.07) is 8.52. The molecule has 0 aromatic heterocycles. The van der Waals surface area contributed by atoms with Gasteiger partial charge in [-0.25, -0.2) is 0 Å². The highest BCUT2D eigenvalue weighted by molar-refractivity contribution is 8.71. The van der Waals surface area contributed by atoms with Gasteiger partial charge in [0.25, 0.3) is 0 Å². The molecule has 1 aliphatic rings. The lowest BCUT2D eigenvalue weighted by atomic mass is 10.3. The number of thiol groups is 1. The third-order valence-electron chi connectivity index (χ3n) is 2.20. The molecule has 5 heteroatoms. The van der Waals surface area contributed by atoms with Crippen molar-refractivity contribution in [1.29, 1.82) is 0 Å². The van der Waals surface area contributed by atoms with Crippen LogP contribution in [0.3, 0.4) is 0 Å². The van der Waals surface area contributed by atoms with E-state index in [0.29, 0.717) is 0 Å². The molecule has 1 aliphatic heterocycles. The van der Waals surface area contributed by atoms with Gasteiger partial charge in [-0.05, 0) is 31.2 Å². The number of rotatable bonds is 3. The van der Waals surface area contributed by atoms with E-state index in [1.54, 1.807) is 17.9 Å². The summed E-state index contributed by atoms with van der Waals surface area (Å²) in [5, 5.41) is 1.50. The minimum atomic E-state index is 0.0850. The van der Waals surface area contributed by atoms with Gasteiger partial charge in [-0.1, -0.05) is 31.2 Å². The van der Waals surface area contributed by atoms with Gasteiger partial charge in [0.1, 0.15) is 5.75 Å². The van der Waals surface area contributed by atoms with Crippen molar-refractivity contribution < 1.29 is 4.74 Å². The molecule has 0 amide bonds. The predicted octanol–water partition coefficient (Wildman–Crippen LogP) is 3.31. The molecule has 1 nitrogen and oxygen atoms in total. The second kappa shape index (κ2) is 5.07. The van der Waals surface area contributed by atoms with Crippen molar-refractivity contribution in [2.75, 3.05) is 13.3 Å². The fourth-order valence-corrected chi connectivity index (χ4v) is 10.6. The smallest absolute Gasteiger partial charge is 0.118 e. The maximum Gasteiger partial charge on any atom is 0.118 e. The fourth-order valence-electron chi connectivity index (χ4n) is 1.34. The summed E-state index contributed by atoms with van der Waals surface area (Å²) in [6.07, 6.45) is 1.35. The first-order valence-corrected chi connectivity index (χ1v) is 9.71. The first-order chi connectivity index (χ1) is 6.85. The lowest BCUT2D eigenvalue weighted by Crippen LogP contribution is -2.16. The molecule has 1 fully saturated rings. The molecule has 0 saturated carbocycles. The van der Waals surface area contributed by atoms with E-state index >= 15 is 0 Å². The molecule has 0 N–H and O–H groups in total. The fraction of sp³-hybridized carbons (Fsp3) is 0.333. The van der Waals surface area contributed by atoms with Crippen LogP contribution in [0.5, 0.6) is 5.75 Å². The van der Waals surface area contributed by atoms with Crippen molar-refractivity contribution in [2.24, 2.45) is 0 Å². The lowest BCUT2D eigenvalue weighted by molar-refractivity contribution is 0.415. The molecule has 1 aromatic rings. The Labute approximate surface area is 96.6 Å². The van der Waals surface area contributed by atoms with Crippen LogP contribution in [0.4, 0.5) is 0 Å². The van der Waals surface area contributed by atoms with Gasteiger partial charge >= 0.3 is 0 Å². The van der Waals surface area contributed by atoms with Gasteiger partial charge in [0.05, 0.1) is 7.11 Å². The summed E-state index contributed by atoms with van der Waals surface area (Å²) >= 11 is 4.31. The normalized spacial score (nSPS) is 27.3. The first kappa shape index (κ1) is 11.1. The van der Waals surface area contributed by atoms with Crippen molar-refractivity contribution >= 4 is 43.6 Å². The summed E-state index contributed by atoms with van der Waals surface area (Å²) in [6.45, 7) is 0. The third-order valence-corrected chi connectivity index (χ3v) is 11.8. The molecular weight excluding hydrogens is 250 g/mol. The Kier molecular flexibility index (Phi) is 4.01. The van der Waals surface area contributed by atoms with Crippen LogP contribution in [-0.4, -0.2) is 18.3 Å². The van der Waals surface area contributed by atoms with Gasteiger partial charge in [-0.2, -0.15) is 0 Å². The number of benzene rings is 1. The Morgan fingerprint density at radius 2 is 2.21 bits per heavy atom. The summed E-state index contributed by atoms with van der Waals surface area (Å²) < 4.78 is 5.14. The monoisotopic (exact) mass is 262 g/mol. The van der Waals surface area contributed by atoms with Crippen LogP contribution in [0.1, 0.15) is 0 Å². The Hall–Kier alpha value is 0.580. The molecule has 0 radical (unpaired) electrons. The van der Waals surface area contributed by atoms with Gasteiger partial charge in [-0.3, -0.25) is 0 Å². The molecular formula is C9H12OP2S2. The molecule has 76 valence electrons. The average Bonchev–Trinajstić information content (AvgIpc) is 2.18. The van der Waals surface area contributed by atoms with E-state index in [1.165, 1.54) is 11.5 Å². The van der Waals surface area contributed by atoms with E-state index in [4.69, 9.17) is 4.74 Å². The lowest BCUT2D eigenvalue weighted by Gasteiger charge is -2.35. The maximum absolute atomic E-state index is 5.14. The average molecular weight is 262 g/mol. The zero-order chi connectivity index (χ0) is 9.97. The zero-order valence-electron chi connectivity index (χ0n) is 7.80. The summed E-state index contributed by atoms with van der Waals surface area (Å²) in [7, 11) is 4.64. The van der Waals surface area contributed by atoms with Crippen molar-refractivity contribution in [1.82, 2.24) is 0 Å². The molecule has 1 aromatic carbocycles. The highest BCUT2D eigenvalue weighted by atomic mass is 33.1. The minimum absolute atomic E-state index is 0.0850. The Bertz CT molecular complexity index is 302. The molecule has 1 heterocycles. The van der Waals surface area contributed by atoms with E-state index in [0.717, 1.165) is 19.0 Å². The zero-order valence-corrected chi connectivity index (χ0v) is 11.4. The second-order valence-electron chi connectivity index (χ2n) is 2.99. The third kappa shape index (κ3) is 2.22. The maximum atomic E-state index is 5.14. The Balaban J connectivity index is 2.09. The van der Waals surface area contributed by atoms with Crippen LogP contribution in [0.2, 0.25) is 0 Å². The van der Waals surface area contributed by atoms with E-state index in [-0.39, 0.29) is 7.61 Å². The molecule has 0 aliphatic carbocycles. The SMILES string of the molecule is COc1ccc(P2PCC2SS)cc1. The first-order valence-electron chi connectivity index (χ1n) is 4.32. The molecule has 14 heavy (non-hydrogen) atoms. The highest BCUT2D eigenvalue weighted by Crippen LogP contribution is 2.72. The summed E-state index contributed by atoms with van der Waals surface area (Å²) in [5.74, 6) is 0.947. The van der Waals surface area contributed by atoms with Crippen LogP contribution in [0.15, 0.2) is 24.3 Å². The predicted molar refractivity (Wildman–Crippen MR) is 73.1 cm³/mol. The summed E-state index contributed by atoms with van der Waals surface area (Å²) in [5.41, 5.74) is 0. The second-order valence-corrected chi connectivity index (χ2v) is 9.75. The number of hydrogen-bond donors (Lipinski definition) is 1. The number of methoxy groups -OCH3 is 1. The van der Waals surface area contributed by atoms with Crippen LogP contribution in [0.25, 0.3) is 0 Å². The number of ether oxygens (including phenoxy) is 1. The van der Waals surface area contributed by atoms with Gasteiger partial charge in [0, 0.05) is 4.99 Å². The standard InChI is InChI=1S/C9H12OP2S2/c1-10-7-2-4-8(5-3-7)12-9(14-13)6-11-12/h2-5,9,11,13H,6H2,1H3. The van der Waals surface area contributed by atoms with E-state index in [2.05, 4.69) is 35.9 Å². The van der Waals surface area contributed by atoms with Crippen molar-refractivity contribution in [3.63, 3.8) is 0 Å². The van der Waals surface area contributed by atoms with Crippen LogP contribution in [-0.2, 0) is 0 Å². The van der Waals surface area contributed by atoms with E-state index < -0.39 is 0 Å². The minimum Gasteiger partial charge on any atom is -0.497 e. The van der Waals surface area contributed by atoms with Gasteiger partial charge in [0.2, 0.25) is 0 Å². The molecule has 0 bridgehead atoms.